The number of pyridine rings is 1. The molecule has 3 rings (SSSR count). The first-order valence-electron chi connectivity index (χ1n) is 5.35. The summed E-state index contributed by atoms with van der Waals surface area (Å²) in [5.41, 5.74) is 7.99. The number of nitrogens with zero attached hydrogens (tertiary/aromatic N) is 1. The van der Waals surface area contributed by atoms with Crippen molar-refractivity contribution in [1.82, 2.24) is 4.98 Å². The van der Waals surface area contributed by atoms with E-state index in [1.807, 2.05) is 30.5 Å². The molecule has 0 atom stereocenters. The van der Waals surface area contributed by atoms with Crippen LogP contribution in [0, 0.1) is 0 Å². The topological polar surface area (TPSA) is 38.9 Å². The van der Waals surface area contributed by atoms with Gasteiger partial charge in [-0.05, 0) is 17.0 Å². The number of benzene rings is 2. The molecule has 2 N–H and O–H groups in total. The van der Waals surface area contributed by atoms with E-state index in [0.717, 1.165) is 10.9 Å². The highest BCUT2D eigenvalue weighted by Gasteiger charge is 2.04. The minimum atomic E-state index is 0.561. The van der Waals surface area contributed by atoms with E-state index in [0.29, 0.717) is 6.54 Å². The fraction of sp³-hybridized carbons (Fsp3) is 0.0714. The Balaban J connectivity index is 2.57. The van der Waals surface area contributed by atoms with Gasteiger partial charge in [0.1, 0.15) is 0 Å². The number of aromatic nitrogens is 1. The van der Waals surface area contributed by atoms with Crippen LogP contribution in [0.4, 0.5) is 0 Å². The van der Waals surface area contributed by atoms with Crippen molar-refractivity contribution in [3.8, 4) is 0 Å². The van der Waals surface area contributed by atoms with Gasteiger partial charge in [-0.15, -0.1) is 0 Å². The monoisotopic (exact) mass is 208 g/mol. The summed E-state index contributed by atoms with van der Waals surface area (Å²) in [6.45, 7) is 0.561. The van der Waals surface area contributed by atoms with E-state index >= 15 is 0 Å². The molecular formula is C14H12N2. The molecule has 1 heterocycles. The lowest BCUT2D eigenvalue weighted by atomic mass is 10.0. The van der Waals surface area contributed by atoms with Gasteiger partial charge in [0, 0.05) is 23.5 Å². The third-order valence-electron chi connectivity index (χ3n) is 2.92. The van der Waals surface area contributed by atoms with Gasteiger partial charge in [0.05, 0.1) is 5.52 Å². The summed E-state index contributed by atoms with van der Waals surface area (Å²) in [5.74, 6) is 0. The number of para-hydroxylation sites is 1. The molecule has 78 valence electrons. The Hall–Kier alpha value is -1.93. The molecule has 2 aromatic carbocycles. The van der Waals surface area contributed by atoms with Crippen LogP contribution in [0.3, 0.4) is 0 Å². The van der Waals surface area contributed by atoms with Gasteiger partial charge in [-0.3, -0.25) is 4.98 Å². The first-order chi connectivity index (χ1) is 7.90. The zero-order valence-electron chi connectivity index (χ0n) is 8.85. The highest BCUT2D eigenvalue weighted by Crippen LogP contribution is 2.26. The molecule has 0 spiro atoms. The van der Waals surface area contributed by atoms with E-state index in [4.69, 9.17) is 5.73 Å². The first-order valence-corrected chi connectivity index (χ1v) is 5.35. The standard InChI is InChI=1S/C14H12N2/c15-8-10-4-3-5-11-9-16-13-7-2-1-6-12(13)14(10)11/h1-7,9H,8,15H2. The third-order valence-corrected chi connectivity index (χ3v) is 2.92. The van der Waals surface area contributed by atoms with Crippen LogP contribution in [0.1, 0.15) is 5.56 Å². The molecular weight excluding hydrogens is 196 g/mol. The molecule has 0 radical (unpaired) electrons. The summed E-state index contributed by atoms with van der Waals surface area (Å²) < 4.78 is 0. The zero-order chi connectivity index (χ0) is 11.0. The summed E-state index contributed by atoms with van der Waals surface area (Å²) in [7, 11) is 0. The average molecular weight is 208 g/mol. The van der Waals surface area contributed by atoms with Gasteiger partial charge in [-0.2, -0.15) is 0 Å². The second-order valence-corrected chi connectivity index (χ2v) is 3.86. The molecule has 0 aliphatic heterocycles. The fourth-order valence-corrected chi connectivity index (χ4v) is 2.16. The summed E-state index contributed by atoms with van der Waals surface area (Å²) >= 11 is 0. The van der Waals surface area contributed by atoms with Crippen molar-refractivity contribution >= 4 is 21.7 Å². The van der Waals surface area contributed by atoms with Crippen LogP contribution >= 0.6 is 0 Å². The van der Waals surface area contributed by atoms with Gasteiger partial charge < -0.3 is 5.73 Å². The maximum Gasteiger partial charge on any atom is 0.0708 e. The quantitative estimate of drug-likeness (QED) is 0.624. The third kappa shape index (κ3) is 1.27. The molecule has 0 saturated heterocycles. The van der Waals surface area contributed by atoms with E-state index in [1.54, 1.807) is 0 Å². The number of hydrogen-bond donors (Lipinski definition) is 1. The lowest BCUT2D eigenvalue weighted by molar-refractivity contribution is 1.09. The number of hydrogen-bond acceptors (Lipinski definition) is 2. The van der Waals surface area contributed by atoms with Crippen molar-refractivity contribution in [1.29, 1.82) is 0 Å². The number of fused-ring (bicyclic) bond motifs is 3. The SMILES string of the molecule is NCc1cccc2cnc3ccccc3c12. The Bertz CT molecular complexity index is 659. The van der Waals surface area contributed by atoms with Crippen molar-refractivity contribution in [2.45, 2.75) is 6.54 Å². The minimum absolute atomic E-state index is 0.561. The van der Waals surface area contributed by atoms with E-state index in [9.17, 15) is 0 Å². The molecule has 0 fully saturated rings. The second-order valence-electron chi connectivity index (χ2n) is 3.86. The maximum absolute atomic E-state index is 5.79. The molecule has 16 heavy (non-hydrogen) atoms. The lowest BCUT2D eigenvalue weighted by Gasteiger charge is -2.07. The van der Waals surface area contributed by atoms with Crippen molar-refractivity contribution < 1.29 is 0 Å². The number of nitrogens with two attached hydrogens (primary N) is 1. The van der Waals surface area contributed by atoms with Gasteiger partial charge in [0.2, 0.25) is 0 Å². The minimum Gasteiger partial charge on any atom is -0.326 e. The molecule has 0 aliphatic rings. The van der Waals surface area contributed by atoms with Crippen LogP contribution in [0.25, 0.3) is 21.7 Å². The maximum atomic E-state index is 5.79. The van der Waals surface area contributed by atoms with Crippen molar-refractivity contribution in [2.24, 2.45) is 5.73 Å². The number of rotatable bonds is 1. The Morgan fingerprint density at radius 1 is 1.00 bits per heavy atom. The smallest absolute Gasteiger partial charge is 0.0708 e. The highest BCUT2D eigenvalue weighted by atomic mass is 14.6. The predicted molar refractivity (Wildman–Crippen MR) is 67.1 cm³/mol. The van der Waals surface area contributed by atoms with E-state index < -0.39 is 0 Å². The molecule has 0 saturated carbocycles. The van der Waals surface area contributed by atoms with Crippen LogP contribution < -0.4 is 5.73 Å². The summed E-state index contributed by atoms with van der Waals surface area (Å²) in [4.78, 5) is 4.44. The van der Waals surface area contributed by atoms with Gasteiger partial charge in [0.15, 0.2) is 0 Å². The van der Waals surface area contributed by atoms with Crippen LogP contribution in [0.5, 0.6) is 0 Å². The van der Waals surface area contributed by atoms with Crippen LogP contribution in [0.15, 0.2) is 48.7 Å². The van der Waals surface area contributed by atoms with E-state index in [1.165, 1.54) is 16.3 Å². The van der Waals surface area contributed by atoms with Crippen LogP contribution in [0.2, 0.25) is 0 Å². The highest BCUT2D eigenvalue weighted by molar-refractivity contribution is 6.07. The molecule has 0 amide bonds. The first kappa shape index (κ1) is 9.31. The van der Waals surface area contributed by atoms with Crippen LogP contribution in [-0.2, 0) is 6.54 Å². The fourth-order valence-electron chi connectivity index (χ4n) is 2.16. The van der Waals surface area contributed by atoms with E-state index in [-0.39, 0.29) is 0 Å². The average Bonchev–Trinajstić information content (AvgIpc) is 2.37. The molecule has 0 bridgehead atoms. The summed E-state index contributed by atoms with van der Waals surface area (Å²) in [5, 5.41) is 3.57. The van der Waals surface area contributed by atoms with Gasteiger partial charge in [0.25, 0.3) is 0 Å². The van der Waals surface area contributed by atoms with Crippen molar-refractivity contribution in [3.05, 3.63) is 54.2 Å². The second kappa shape index (κ2) is 3.58. The summed E-state index contributed by atoms with van der Waals surface area (Å²) in [6.07, 6.45) is 1.91. The van der Waals surface area contributed by atoms with Gasteiger partial charge in [-0.25, -0.2) is 0 Å². The van der Waals surface area contributed by atoms with Gasteiger partial charge in [-0.1, -0.05) is 36.4 Å². The van der Waals surface area contributed by atoms with Crippen molar-refractivity contribution in [3.63, 3.8) is 0 Å². The molecule has 3 aromatic rings. The van der Waals surface area contributed by atoms with Crippen LogP contribution in [-0.4, -0.2) is 4.98 Å². The van der Waals surface area contributed by atoms with E-state index in [2.05, 4.69) is 23.2 Å². The Kier molecular flexibility index (Phi) is 2.08. The summed E-state index contributed by atoms with van der Waals surface area (Å²) in [6, 6.07) is 14.4. The molecule has 1 aromatic heterocycles. The molecule has 2 heteroatoms. The predicted octanol–water partition coefficient (Wildman–Crippen LogP) is 2.85. The Labute approximate surface area is 93.7 Å². The molecule has 2 nitrogen and oxygen atoms in total. The lowest BCUT2D eigenvalue weighted by Crippen LogP contribution is -1.97. The normalized spacial score (nSPS) is 11.1. The largest absolute Gasteiger partial charge is 0.326 e. The van der Waals surface area contributed by atoms with Crippen molar-refractivity contribution in [2.75, 3.05) is 0 Å². The Morgan fingerprint density at radius 2 is 1.88 bits per heavy atom. The molecule has 0 aliphatic carbocycles. The molecule has 0 unspecified atom stereocenters. The Morgan fingerprint density at radius 3 is 2.75 bits per heavy atom. The van der Waals surface area contributed by atoms with Gasteiger partial charge >= 0.3 is 0 Å². The zero-order valence-corrected chi connectivity index (χ0v) is 8.85.